The lowest BCUT2D eigenvalue weighted by Crippen LogP contribution is -2.22. The highest BCUT2D eigenvalue weighted by Gasteiger charge is 2.20. The maximum Gasteiger partial charge on any atom is 0.255 e. The van der Waals surface area contributed by atoms with Gasteiger partial charge in [-0.3, -0.25) is 4.79 Å². The van der Waals surface area contributed by atoms with Crippen LogP contribution in [0.25, 0.3) is 0 Å². The highest BCUT2D eigenvalue weighted by atomic mass is 16.7. The molecule has 0 bridgehead atoms. The summed E-state index contributed by atoms with van der Waals surface area (Å²) in [5.41, 5.74) is 2.27. The number of ether oxygens (including phenoxy) is 2. The Morgan fingerprint density at radius 3 is 2.62 bits per heavy atom. The van der Waals surface area contributed by atoms with Gasteiger partial charge in [-0.1, -0.05) is 24.3 Å². The summed E-state index contributed by atoms with van der Waals surface area (Å²) in [5, 5.41) is 12.8. The molecule has 0 atom stereocenters. The molecule has 7 heteroatoms. The van der Waals surface area contributed by atoms with E-state index in [9.17, 15) is 9.90 Å². The molecule has 26 heavy (non-hydrogen) atoms. The Morgan fingerprint density at radius 1 is 1.15 bits per heavy atom. The quantitative estimate of drug-likeness (QED) is 0.737. The second-order valence-corrected chi connectivity index (χ2v) is 5.96. The molecule has 2 N–H and O–H groups in total. The van der Waals surface area contributed by atoms with E-state index in [4.69, 9.17) is 9.47 Å². The molecular weight excluding hydrogens is 334 g/mol. The van der Waals surface area contributed by atoms with Gasteiger partial charge in [0.25, 0.3) is 5.91 Å². The first-order valence-corrected chi connectivity index (χ1v) is 8.13. The van der Waals surface area contributed by atoms with E-state index in [-0.39, 0.29) is 24.0 Å². The van der Waals surface area contributed by atoms with Gasteiger partial charge in [0.05, 0.1) is 11.9 Å². The second-order valence-electron chi connectivity index (χ2n) is 5.96. The molecular formula is C19H17N3O4. The van der Waals surface area contributed by atoms with Gasteiger partial charge in [-0.05, 0) is 11.1 Å². The summed E-state index contributed by atoms with van der Waals surface area (Å²) in [7, 11) is 0. The minimum Gasteiger partial charge on any atom is -0.507 e. The fourth-order valence-electron chi connectivity index (χ4n) is 2.74. The van der Waals surface area contributed by atoms with E-state index in [1.807, 2.05) is 35.0 Å². The van der Waals surface area contributed by atoms with E-state index in [1.165, 1.54) is 12.1 Å². The van der Waals surface area contributed by atoms with Crippen LogP contribution < -0.4 is 14.8 Å². The fraction of sp³-hybridized carbons (Fsp3) is 0.158. The van der Waals surface area contributed by atoms with Crippen LogP contribution in [-0.4, -0.2) is 27.4 Å². The van der Waals surface area contributed by atoms with Gasteiger partial charge < -0.3 is 24.5 Å². The molecule has 1 aromatic heterocycles. The molecule has 7 nitrogen and oxygen atoms in total. The lowest BCUT2D eigenvalue weighted by Gasteiger charge is -2.09. The van der Waals surface area contributed by atoms with Crippen molar-refractivity contribution in [2.45, 2.75) is 13.1 Å². The normalized spacial score (nSPS) is 12.2. The average Bonchev–Trinajstić information content (AvgIpc) is 3.31. The first kappa shape index (κ1) is 16.0. The van der Waals surface area contributed by atoms with Crippen LogP contribution >= 0.6 is 0 Å². The van der Waals surface area contributed by atoms with Crippen molar-refractivity contribution in [2.75, 3.05) is 6.79 Å². The molecule has 2 heterocycles. The van der Waals surface area contributed by atoms with E-state index in [0.29, 0.717) is 18.0 Å². The molecule has 0 unspecified atom stereocenters. The molecule has 0 saturated carbocycles. The highest BCUT2D eigenvalue weighted by molar-refractivity contribution is 5.97. The third-order valence-electron chi connectivity index (χ3n) is 4.14. The summed E-state index contributed by atoms with van der Waals surface area (Å²) in [6.07, 6.45) is 5.42. The number of aromatic hydroxyl groups is 1. The van der Waals surface area contributed by atoms with Crippen LogP contribution in [0.4, 0.5) is 0 Å². The average molecular weight is 351 g/mol. The number of imidazole rings is 1. The summed E-state index contributed by atoms with van der Waals surface area (Å²) in [4.78, 5) is 16.4. The van der Waals surface area contributed by atoms with Crippen molar-refractivity contribution in [2.24, 2.45) is 0 Å². The molecule has 4 rings (SSSR count). The molecule has 0 radical (unpaired) electrons. The maximum absolute atomic E-state index is 12.3. The molecule has 0 aliphatic carbocycles. The topological polar surface area (TPSA) is 85.6 Å². The summed E-state index contributed by atoms with van der Waals surface area (Å²) in [6.45, 7) is 1.20. The number of hydrogen-bond donors (Lipinski definition) is 2. The SMILES string of the molecule is O=C(NCc1ccc(Cn2ccnc2)cc1)c1cc2c(cc1O)OCO2. The monoisotopic (exact) mass is 351 g/mol. The summed E-state index contributed by atoms with van der Waals surface area (Å²) in [6, 6.07) is 10.8. The van der Waals surface area contributed by atoms with Crippen LogP contribution in [0.3, 0.4) is 0 Å². The van der Waals surface area contributed by atoms with Gasteiger partial charge in [0.1, 0.15) is 5.75 Å². The van der Waals surface area contributed by atoms with Crippen LogP contribution in [0, 0.1) is 0 Å². The van der Waals surface area contributed by atoms with E-state index in [1.54, 1.807) is 12.5 Å². The van der Waals surface area contributed by atoms with Crippen molar-refractivity contribution in [3.05, 3.63) is 71.8 Å². The number of rotatable bonds is 5. The van der Waals surface area contributed by atoms with E-state index in [0.717, 1.165) is 17.7 Å². The van der Waals surface area contributed by atoms with Gasteiger partial charge in [0, 0.05) is 37.6 Å². The van der Waals surface area contributed by atoms with Gasteiger partial charge >= 0.3 is 0 Å². The largest absolute Gasteiger partial charge is 0.507 e. The zero-order valence-electron chi connectivity index (χ0n) is 13.9. The van der Waals surface area contributed by atoms with Crippen LogP contribution in [0.2, 0.25) is 0 Å². The van der Waals surface area contributed by atoms with Crippen LogP contribution in [0.5, 0.6) is 17.2 Å². The third-order valence-corrected chi connectivity index (χ3v) is 4.14. The van der Waals surface area contributed by atoms with Crippen molar-refractivity contribution in [1.82, 2.24) is 14.9 Å². The number of phenolic OH excluding ortho intramolecular Hbond substituents is 1. The number of phenols is 1. The van der Waals surface area contributed by atoms with Gasteiger partial charge in [-0.15, -0.1) is 0 Å². The van der Waals surface area contributed by atoms with Gasteiger partial charge in [-0.2, -0.15) is 0 Å². The first-order chi connectivity index (χ1) is 12.7. The fourth-order valence-corrected chi connectivity index (χ4v) is 2.74. The zero-order chi connectivity index (χ0) is 17.9. The zero-order valence-corrected chi connectivity index (χ0v) is 13.9. The van der Waals surface area contributed by atoms with E-state index in [2.05, 4.69) is 10.3 Å². The van der Waals surface area contributed by atoms with Crippen molar-refractivity contribution < 1.29 is 19.4 Å². The van der Waals surface area contributed by atoms with Crippen molar-refractivity contribution in [3.63, 3.8) is 0 Å². The third kappa shape index (κ3) is 3.32. The molecule has 1 aliphatic heterocycles. The van der Waals surface area contributed by atoms with Crippen LogP contribution in [0.1, 0.15) is 21.5 Å². The Hall–Kier alpha value is -3.48. The number of carbonyl (C=O) groups is 1. The van der Waals surface area contributed by atoms with Gasteiger partial charge in [0.2, 0.25) is 6.79 Å². The number of fused-ring (bicyclic) bond motifs is 1. The number of nitrogens with zero attached hydrogens (tertiary/aromatic N) is 2. The maximum atomic E-state index is 12.3. The van der Waals surface area contributed by atoms with Crippen LogP contribution in [-0.2, 0) is 13.1 Å². The Bertz CT molecular complexity index is 921. The molecule has 132 valence electrons. The molecule has 0 saturated heterocycles. The summed E-state index contributed by atoms with van der Waals surface area (Å²) < 4.78 is 12.4. The smallest absolute Gasteiger partial charge is 0.255 e. The number of benzene rings is 2. The summed E-state index contributed by atoms with van der Waals surface area (Å²) >= 11 is 0. The van der Waals surface area contributed by atoms with Gasteiger partial charge in [-0.25, -0.2) is 4.98 Å². The van der Waals surface area contributed by atoms with E-state index >= 15 is 0 Å². The number of hydrogen-bond acceptors (Lipinski definition) is 5. The van der Waals surface area contributed by atoms with Gasteiger partial charge in [0.15, 0.2) is 11.5 Å². The lowest BCUT2D eigenvalue weighted by molar-refractivity contribution is 0.0948. The van der Waals surface area contributed by atoms with Crippen molar-refractivity contribution >= 4 is 5.91 Å². The van der Waals surface area contributed by atoms with E-state index < -0.39 is 0 Å². The van der Waals surface area contributed by atoms with Crippen LogP contribution in [0.15, 0.2) is 55.1 Å². The predicted octanol–water partition coefficient (Wildman–Crippen LogP) is 2.30. The number of amides is 1. The summed E-state index contributed by atoms with van der Waals surface area (Å²) in [5.74, 6) is 0.384. The standard InChI is InChI=1S/C19H17N3O4/c23-16-8-18-17(25-12-26-18)7-15(16)19(24)21-9-13-1-3-14(4-2-13)10-22-6-5-20-11-22/h1-8,11,23H,9-10,12H2,(H,21,24). The molecule has 1 aliphatic rings. The molecule has 0 spiro atoms. The Labute approximate surface area is 149 Å². The van der Waals surface area contributed by atoms with Crippen molar-refractivity contribution in [1.29, 1.82) is 0 Å². The predicted molar refractivity (Wildman–Crippen MR) is 93.2 cm³/mol. The minimum absolute atomic E-state index is 0.0886. The Morgan fingerprint density at radius 2 is 1.88 bits per heavy atom. The second kappa shape index (κ2) is 6.79. The lowest BCUT2D eigenvalue weighted by atomic mass is 10.1. The first-order valence-electron chi connectivity index (χ1n) is 8.13. The number of aromatic nitrogens is 2. The minimum atomic E-state index is -0.372. The molecule has 3 aromatic rings. The number of nitrogens with one attached hydrogen (secondary N) is 1. The molecule has 2 aromatic carbocycles. The van der Waals surface area contributed by atoms with Crippen molar-refractivity contribution in [3.8, 4) is 17.2 Å². The molecule has 1 amide bonds. The Kier molecular flexibility index (Phi) is 4.18. The molecule has 0 fully saturated rings. The Balaban J connectivity index is 1.38. The highest BCUT2D eigenvalue weighted by Crippen LogP contribution is 2.37. The number of carbonyl (C=O) groups excluding carboxylic acids is 1.